The molecule has 0 atom stereocenters. The van der Waals surface area contributed by atoms with Crippen LogP contribution < -0.4 is 15.2 Å². The van der Waals surface area contributed by atoms with Crippen LogP contribution in [0.1, 0.15) is 5.56 Å². The molecule has 0 radical (unpaired) electrons. The second-order valence-corrected chi connectivity index (χ2v) is 3.31. The molecular formula is C11H11NO4. The van der Waals surface area contributed by atoms with E-state index in [2.05, 4.69) is 0 Å². The van der Waals surface area contributed by atoms with Crippen molar-refractivity contribution in [3.05, 3.63) is 29.5 Å². The largest absolute Gasteiger partial charge is 0.486 e. The quantitative estimate of drug-likeness (QED) is 0.723. The Morgan fingerprint density at radius 1 is 1.31 bits per heavy atom. The van der Waals surface area contributed by atoms with E-state index in [1.807, 2.05) is 0 Å². The van der Waals surface area contributed by atoms with Crippen molar-refractivity contribution in [2.75, 3.05) is 13.2 Å². The third-order valence-electron chi connectivity index (χ3n) is 2.14. The molecule has 1 aliphatic heterocycles. The zero-order valence-corrected chi connectivity index (χ0v) is 8.47. The van der Waals surface area contributed by atoms with Crippen LogP contribution in [0.3, 0.4) is 0 Å². The maximum atomic E-state index is 10.5. The number of rotatable bonds is 2. The van der Waals surface area contributed by atoms with Gasteiger partial charge in [0.1, 0.15) is 18.9 Å². The van der Waals surface area contributed by atoms with Crippen LogP contribution in [-0.4, -0.2) is 24.3 Å². The molecule has 1 aromatic rings. The highest BCUT2D eigenvalue weighted by molar-refractivity contribution is 5.91. The summed E-state index contributed by atoms with van der Waals surface area (Å²) in [5.74, 6) is 0.130. The lowest BCUT2D eigenvalue weighted by atomic mass is 10.1. The molecule has 1 aromatic carbocycles. The summed E-state index contributed by atoms with van der Waals surface area (Å²) in [6.07, 6.45) is 1.38. The van der Waals surface area contributed by atoms with Crippen LogP contribution in [0.4, 0.5) is 0 Å². The molecule has 2 rings (SSSR count). The molecule has 0 saturated carbocycles. The second kappa shape index (κ2) is 4.14. The van der Waals surface area contributed by atoms with Crippen LogP contribution in [0.15, 0.2) is 23.9 Å². The van der Waals surface area contributed by atoms with E-state index in [0.29, 0.717) is 30.3 Å². The molecule has 84 valence electrons. The lowest BCUT2D eigenvalue weighted by molar-refractivity contribution is -0.132. The van der Waals surface area contributed by atoms with E-state index in [0.717, 1.165) is 0 Å². The van der Waals surface area contributed by atoms with Crippen molar-refractivity contribution in [3.8, 4) is 11.5 Å². The number of nitrogens with two attached hydrogens (primary N) is 1. The van der Waals surface area contributed by atoms with Crippen LogP contribution in [0.25, 0.3) is 6.08 Å². The van der Waals surface area contributed by atoms with Crippen molar-refractivity contribution in [2.45, 2.75) is 0 Å². The van der Waals surface area contributed by atoms with Gasteiger partial charge in [-0.1, -0.05) is 6.07 Å². The van der Waals surface area contributed by atoms with E-state index in [4.69, 9.17) is 20.3 Å². The molecule has 0 unspecified atom stereocenters. The van der Waals surface area contributed by atoms with Crippen molar-refractivity contribution in [1.82, 2.24) is 0 Å². The Bertz CT molecular complexity index is 453. The molecule has 0 bridgehead atoms. The highest BCUT2D eigenvalue weighted by atomic mass is 16.6. The summed E-state index contributed by atoms with van der Waals surface area (Å²) < 4.78 is 10.7. The number of carbonyl (C=O) groups is 1. The van der Waals surface area contributed by atoms with Gasteiger partial charge >= 0.3 is 5.97 Å². The lowest BCUT2D eigenvalue weighted by Gasteiger charge is -2.18. The molecule has 5 heteroatoms. The number of benzene rings is 1. The summed E-state index contributed by atoms with van der Waals surface area (Å²) >= 11 is 0. The maximum Gasteiger partial charge on any atom is 0.351 e. The Kier molecular flexibility index (Phi) is 2.68. The van der Waals surface area contributed by atoms with Gasteiger partial charge in [-0.2, -0.15) is 0 Å². The van der Waals surface area contributed by atoms with Gasteiger partial charge in [0.25, 0.3) is 0 Å². The van der Waals surface area contributed by atoms with E-state index in [1.165, 1.54) is 6.08 Å². The summed E-state index contributed by atoms with van der Waals surface area (Å²) in [6.45, 7) is 1.02. The first-order valence-electron chi connectivity index (χ1n) is 4.77. The lowest BCUT2D eigenvalue weighted by Crippen LogP contribution is -2.15. The zero-order chi connectivity index (χ0) is 11.5. The van der Waals surface area contributed by atoms with Crippen LogP contribution in [0.5, 0.6) is 11.5 Å². The molecule has 0 spiro atoms. The van der Waals surface area contributed by atoms with Gasteiger partial charge in [-0.05, 0) is 23.8 Å². The highest BCUT2D eigenvalue weighted by Gasteiger charge is 2.11. The summed E-state index contributed by atoms with van der Waals surface area (Å²) in [4.78, 5) is 10.5. The van der Waals surface area contributed by atoms with Crippen molar-refractivity contribution in [3.63, 3.8) is 0 Å². The first-order valence-corrected chi connectivity index (χ1v) is 4.77. The van der Waals surface area contributed by atoms with E-state index in [9.17, 15) is 4.79 Å². The average molecular weight is 221 g/mol. The van der Waals surface area contributed by atoms with Crippen LogP contribution >= 0.6 is 0 Å². The smallest absolute Gasteiger partial charge is 0.351 e. The third kappa shape index (κ3) is 2.08. The Labute approximate surface area is 92.1 Å². The Morgan fingerprint density at radius 3 is 2.69 bits per heavy atom. The van der Waals surface area contributed by atoms with Gasteiger partial charge in [0.2, 0.25) is 0 Å². The molecule has 0 saturated heterocycles. The summed E-state index contributed by atoms with van der Waals surface area (Å²) in [5, 5.41) is 8.63. The summed E-state index contributed by atoms with van der Waals surface area (Å²) in [7, 11) is 0. The zero-order valence-electron chi connectivity index (χ0n) is 8.47. The fourth-order valence-electron chi connectivity index (χ4n) is 1.39. The second-order valence-electron chi connectivity index (χ2n) is 3.31. The number of ether oxygens (including phenoxy) is 2. The minimum atomic E-state index is -1.14. The third-order valence-corrected chi connectivity index (χ3v) is 2.14. The van der Waals surface area contributed by atoms with Crippen molar-refractivity contribution < 1.29 is 19.4 Å². The summed E-state index contributed by atoms with van der Waals surface area (Å²) in [5.41, 5.74) is 5.77. The van der Waals surface area contributed by atoms with E-state index in [-0.39, 0.29) is 5.70 Å². The van der Waals surface area contributed by atoms with Crippen molar-refractivity contribution in [2.24, 2.45) is 5.73 Å². The molecule has 0 aliphatic carbocycles. The van der Waals surface area contributed by atoms with Gasteiger partial charge in [0, 0.05) is 0 Å². The normalized spacial score (nSPS) is 14.6. The maximum absolute atomic E-state index is 10.5. The van der Waals surface area contributed by atoms with Gasteiger partial charge in [-0.25, -0.2) is 4.79 Å². The van der Waals surface area contributed by atoms with Gasteiger partial charge in [-0.15, -0.1) is 0 Å². The topological polar surface area (TPSA) is 81.8 Å². The monoisotopic (exact) mass is 221 g/mol. The number of carboxylic acid groups (broad SMARTS) is 1. The fourth-order valence-corrected chi connectivity index (χ4v) is 1.39. The van der Waals surface area contributed by atoms with E-state index in [1.54, 1.807) is 18.2 Å². The standard InChI is InChI=1S/C11H11NO4/c12-8(11(13)14)5-7-1-2-9-10(6-7)16-4-3-15-9/h1-2,5-6H,3-4,12H2,(H,13,14)/b8-5+. The molecule has 0 aromatic heterocycles. The van der Waals surface area contributed by atoms with Gasteiger partial charge in [0.05, 0.1) is 0 Å². The number of aliphatic carboxylic acids is 1. The number of hydrogen-bond acceptors (Lipinski definition) is 4. The fraction of sp³-hybridized carbons (Fsp3) is 0.182. The number of carboxylic acids is 1. The molecule has 3 N–H and O–H groups in total. The first-order chi connectivity index (χ1) is 7.66. The molecule has 1 aliphatic rings. The average Bonchev–Trinajstić information content (AvgIpc) is 2.28. The number of hydrogen-bond donors (Lipinski definition) is 2. The summed E-state index contributed by atoms with van der Waals surface area (Å²) in [6, 6.07) is 5.16. The molecular weight excluding hydrogens is 210 g/mol. The highest BCUT2D eigenvalue weighted by Crippen LogP contribution is 2.31. The minimum Gasteiger partial charge on any atom is -0.486 e. The Balaban J connectivity index is 2.30. The molecule has 0 fully saturated rings. The van der Waals surface area contributed by atoms with Crippen molar-refractivity contribution in [1.29, 1.82) is 0 Å². The molecule has 0 amide bonds. The van der Waals surface area contributed by atoms with Crippen LogP contribution in [0.2, 0.25) is 0 Å². The van der Waals surface area contributed by atoms with Gasteiger partial charge in [-0.3, -0.25) is 0 Å². The molecule has 1 heterocycles. The van der Waals surface area contributed by atoms with Gasteiger partial charge < -0.3 is 20.3 Å². The van der Waals surface area contributed by atoms with E-state index < -0.39 is 5.97 Å². The Morgan fingerprint density at radius 2 is 2.00 bits per heavy atom. The number of fused-ring (bicyclic) bond motifs is 1. The minimum absolute atomic E-state index is 0.211. The Hall–Kier alpha value is -2.17. The molecule has 5 nitrogen and oxygen atoms in total. The van der Waals surface area contributed by atoms with E-state index >= 15 is 0 Å². The SMILES string of the molecule is N/C(=C/c1ccc2c(c1)OCCO2)C(=O)O. The molecule has 16 heavy (non-hydrogen) atoms. The predicted octanol–water partition coefficient (Wildman–Crippen LogP) is 0.842. The van der Waals surface area contributed by atoms with Gasteiger partial charge in [0.15, 0.2) is 11.5 Å². The van der Waals surface area contributed by atoms with Crippen molar-refractivity contribution >= 4 is 12.0 Å². The van der Waals surface area contributed by atoms with Crippen LogP contribution in [0, 0.1) is 0 Å². The van der Waals surface area contributed by atoms with Crippen LogP contribution in [-0.2, 0) is 4.79 Å². The first kappa shape index (κ1) is 10.4. The predicted molar refractivity (Wildman–Crippen MR) is 57.2 cm³/mol.